The molecule has 1 aromatic rings. The van der Waals surface area contributed by atoms with Crippen molar-refractivity contribution in [3.63, 3.8) is 0 Å². The molecule has 3 nitrogen and oxygen atoms in total. The van der Waals surface area contributed by atoms with E-state index in [4.69, 9.17) is 0 Å². The predicted octanol–water partition coefficient (Wildman–Crippen LogP) is 2.62. The van der Waals surface area contributed by atoms with Crippen molar-refractivity contribution in [3.8, 4) is 0 Å². The molecule has 0 fully saturated rings. The van der Waals surface area contributed by atoms with Crippen molar-refractivity contribution in [3.05, 3.63) is 23.8 Å². The highest BCUT2D eigenvalue weighted by Crippen LogP contribution is 2.22. The molecule has 0 aromatic heterocycles. The lowest BCUT2D eigenvalue weighted by atomic mass is 10.2. The van der Waals surface area contributed by atoms with Gasteiger partial charge in [0.1, 0.15) is 0 Å². The van der Waals surface area contributed by atoms with Crippen LogP contribution in [0.1, 0.15) is 12.5 Å². The van der Waals surface area contributed by atoms with Crippen molar-refractivity contribution in [2.75, 3.05) is 17.7 Å². The minimum absolute atomic E-state index is 0.0470. The van der Waals surface area contributed by atoms with Gasteiger partial charge in [-0.1, -0.05) is 28.7 Å². The minimum Gasteiger partial charge on any atom is -0.388 e. The van der Waals surface area contributed by atoms with Crippen molar-refractivity contribution in [2.24, 2.45) is 0 Å². The van der Waals surface area contributed by atoms with Crippen LogP contribution in [0.3, 0.4) is 0 Å². The lowest BCUT2D eigenvalue weighted by Gasteiger charge is -2.09. The zero-order chi connectivity index (χ0) is 10.6. The van der Waals surface area contributed by atoms with Crippen LogP contribution in [-0.2, 0) is 9.22 Å². The molecular formula is C10H13IN2O. The SMILES string of the molecule is CNc1cc(NC(C)=O)ccc1CI. The zero-order valence-corrected chi connectivity index (χ0v) is 10.4. The van der Waals surface area contributed by atoms with Crippen molar-refractivity contribution < 1.29 is 4.79 Å². The average molecular weight is 304 g/mol. The fourth-order valence-corrected chi connectivity index (χ4v) is 1.87. The summed E-state index contributed by atoms with van der Waals surface area (Å²) in [5.41, 5.74) is 3.13. The van der Waals surface area contributed by atoms with Gasteiger partial charge in [-0.05, 0) is 17.7 Å². The number of hydrogen-bond acceptors (Lipinski definition) is 2. The highest BCUT2D eigenvalue weighted by atomic mass is 127. The Kier molecular flexibility index (Phi) is 4.19. The molecule has 0 radical (unpaired) electrons. The fraction of sp³-hybridized carbons (Fsp3) is 0.300. The smallest absolute Gasteiger partial charge is 0.221 e. The maximum atomic E-state index is 10.8. The van der Waals surface area contributed by atoms with Gasteiger partial charge in [0.25, 0.3) is 0 Å². The minimum atomic E-state index is -0.0470. The van der Waals surface area contributed by atoms with Crippen molar-refractivity contribution in [1.29, 1.82) is 0 Å². The number of anilines is 2. The summed E-state index contributed by atoms with van der Waals surface area (Å²) in [6.45, 7) is 1.51. The van der Waals surface area contributed by atoms with Gasteiger partial charge in [0.15, 0.2) is 0 Å². The van der Waals surface area contributed by atoms with E-state index in [1.807, 2.05) is 25.2 Å². The molecule has 0 heterocycles. The molecule has 1 amide bonds. The van der Waals surface area contributed by atoms with Gasteiger partial charge in [0, 0.05) is 29.8 Å². The van der Waals surface area contributed by atoms with Crippen LogP contribution in [0, 0.1) is 0 Å². The van der Waals surface area contributed by atoms with Crippen LogP contribution in [0.2, 0.25) is 0 Å². The highest BCUT2D eigenvalue weighted by molar-refractivity contribution is 14.1. The third-order valence-electron chi connectivity index (χ3n) is 1.84. The Balaban J connectivity index is 2.95. The molecular weight excluding hydrogens is 291 g/mol. The second-order valence-corrected chi connectivity index (χ2v) is 3.70. The normalized spacial score (nSPS) is 9.64. The summed E-state index contributed by atoms with van der Waals surface area (Å²) in [5, 5.41) is 5.85. The second kappa shape index (κ2) is 5.19. The summed E-state index contributed by atoms with van der Waals surface area (Å²) in [6, 6.07) is 5.87. The first-order chi connectivity index (χ1) is 6.67. The number of carbonyl (C=O) groups is 1. The topological polar surface area (TPSA) is 41.1 Å². The lowest BCUT2D eigenvalue weighted by Crippen LogP contribution is -2.06. The third-order valence-corrected chi connectivity index (χ3v) is 2.67. The molecule has 0 unspecified atom stereocenters. The van der Waals surface area contributed by atoms with E-state index < -0.39 is 0 Å². The molecule has 0 aliphatic rings. The standard InChI is InChI=1S/C10H13IN2O/c1-7(14)13-9-4-3-8(6-11)10(5-9)12-2/h3-5,12H,6H2,1-2H3,(H,13,14). The Morgan fingerprint density at radius 3 is 2.71 bits per heavy atom. The molecule has 1 aromatic carbocycles. The number of benzene rings is 1. The first-order valence-electron chi connectivity index (χ1n) is 4.31. The summed E-state index contributed by atoms with van der Waals surface area (Å²) in [7, 11) is 1.88. The van der Waals surface area contributed by atoms with Crippen LogP contribution in [0.15, 0.2) is 18.2 Å². The maximum Gasteiger partial charge on any atom is 0.221 e. The first kappa shape index (κ1) is 11.3. The molecule has 0 spiro atoms. The van der Waals surface area contributed by atoms with E-state index in [-0.39, 0.29) is 5.91 Å². The van der Waals surface area contributed by atoms with Gasteiger partial charge in [0.05, 0.1) is 0 Å². The highest BCUT2D eigenvalue weighted by Gasteiger charge is 2.01. The molecule has 0 aliphatic heterocycles. The Morgan fingerprint density at radius 2 is 2.21 bits per heavy atom. The van der Waals surface area contributed by atoms with E-state index in [1.54, 1.807) is 0 Å². The summed E-state index contributed by atoms with van der Waals surface area (Å²) in [4.78, 5) is 10.8. The summed E-state index contributed by atoms with van der Waals surface area (Å²) >= 11 is 2.31. The van der Waals surface area contributed by atoms with Crippen molar-refractivity contribution >= 4 is 39.9 Å². The number of alkyl halides is 1. The third kappa shape index (κ3) is 2.87. The Morgan fingerprint density at radius 1 is 1.50 bits per heavy atom. The van der Waals surface area contributed by atoms with E-state index in [0.717, 1.165) is 15.8 Å². The Hall–Kier alpha value is -0.780. The Labute approximate surface area is 97.4 Å². The van der Waals surface area contributed by atoms with Crippen LogP contribution in [-0.4, -0.2) is 13.0 Å². The molecule has 0 atom stereocenters. The van der Waals surface area contributed by atoms with E-state index >= 15 is 0 Å². The summed E-state index contributed by atoms with van der Waals surface area (Å²) < 4.78 is 0.953. The van der Waals surface area contributed by atoms with E-state index in [0.29, 0.717) is 0 Å². The van der Waals surface area contributed by atoms with Crippen LogP contribution < -0.4 is 10.6 Å². The molecule has 0 bridgehead atoms. The second-order valence-electron chi connectivity index (χ2n) is 2.94. The predicted molar refractivity (Wildman–Crippen MR) is 68.0 cm³/mol. The van der Waals surface area contributed by atoms with Gasteiger partial charge in [-0.25, -0.2) is 0 Å². The number of carbonyl (C=O) groups excluding carboxylic acids is 1. The van der Waals surface area contributed by atoms with E-state index in [9.17, 15) is 4.79 Å². The lowest BCUT2D eigenvalue weighted by molar-refractivity contribution is -0.114. The molecule has 1 rings (SSSR count). The summed E-state index contributed by atoms with van der Waals surface area (Å²) in [5.74, 6) is -0.0470. The van der Waals surface area contributed by atoms with Gasteiger partial charge in [-0.3, -0.25) is 4.79 Å². The number of amides is 1. The van der Waals surface area contributed by atoms with Crippen LogP contribution in [0.25, 0.3) is 0 Å². The first-order valence-corrected chi connectivity index (χ1v) is 5.84. The van der Waals surface area contributed by atoms with Gasteiger partial charge >= 0.3 is 0 Å². The molecule has 76 valence electrons. The van der Waals surface area contributed by atoms with Gasteiger partial charge in [-0.2, -0.15) is 0 Å². The number of nitrogens with one attached hydrogen (secondary N) is 2. The molecule has 4 heteroatoms. The monoisotopic (exact) mass is 304 g/mol. The number of hydrogen-bond donors (Lipinski definition) is 2. The summed E-state index contributed by atoms with van der Waals surface area (Å²) in [6.07, 6.45) is 0. The average Bonchev–Trinajstić information content (AvgIpc) is 2.16. The molecule has 14 heavy (non-hydrogen) atoms. The largest absolute Gasteiger partial charge is 0.388 e. The molecule has 0 saturated carbocycles. The van der Waals surface area contributed by atoms with Crippen molar-refractivity contribution in [2.45, 2.75) is 11.4 Å². The van der Waals surface area contributed by atoms with E-state index in [1.165, 1.54) is 12.5 Å². The van der Waals surface area contributed by atoms with Gasteiger partial charge in [0.2, 0.25) is 5.91 Å². The maximum absolute atomic E-state index is 10.8. The Bertz CT molecular complexity index is 339. The molecule has 0 saturated heterocycles. The van der Waals surface area contributed by atoms with Crippen LogP contribution >= 0.6 is 22.6 Å². The zero-order valence-electron chi connectivity index (χ0n) is 8.23. The van der Waals surface area contributed by atoms with Crippen LogP contribution in [0.5, 0.6) is 0 Å². The molecule has 2 N–H and O–H groups in total. The number of rotatable bonds is 3. The van der Waals surface area contributed by atoms with E-state index in [2.05, 4.69) is 33.2 Å². The van der Waals surface area contributed by atoms with Gasteiger partial charge < -0.3 is 10.6 Å². The van der Waals surface area contributed by atoms with Gasteiger partial charge in [-0.15, -0.1) is 0 Å². The fourth-order valence-electron chi connectivity index (χ4n) is 1.21. The molecule has 0 aliphatic carbocycles. The quantitative estimate of drug-likeness (QED) is 0.666. The number of halogens is 1. The van der Waals surface area contributed by atoms with Crippen molar-refractivity contribution in [1.82, 2.24) is 0 Å². The van der Waals surface area contributed by atoms with Crippen LogP contribution in [0.4, 0.5) is 11.4 Å².